The molecule has 4 N–H and O–H groups in total. The molecule has 0 aromatic heterocycles. The van der Waals surface area contributed by atoms with Gasteiger partial charge in [0, 0.05) is 54.7 Å². The Morgan fingerprint density at radius 2 is 0.750 bits per heavy atom. The summed E-state index contributed by atoms with van der Waals surface area (Å²) in [5.41, 5.74) is 12.2. The van der Waals surface area contributed by atoms with Crippen molar-refractivity contribution in [3.8, 4) is 0 Å². The monoisotopic (exact) mass is 294 g/mol. The highest BCUT2D eigenvalue weighted by atomic mass is 16.9. The largest absolute Gasteiger partial charge is 0.331 e. The van der Waals surface area contributed by atoms with Gasteiger partial charge in [-0.05, 0) is 0 Å². The van der Waals surface area contributed by atoms with Crippen LogP contribution in [0.3, 0.4) is 0 Å². The molecule has 0 spiro atoms. The lowest BCUT2D eigenvalue weighted by molar-refractivity contribution is -0.455. The summed E-state index contributed by atoms with van der Waals surface area (Å²) in [6, 6.07) is -0.834. The van der Waals surface area contributed by atoms with Gasteiger partial charge < -0.3 is 39.9 Å². The Morgan fingerprint density at radius 3 is 0.900 bits per heavy atom. The summed E-state index contributed by atoms with van der Waals surface area (Å²) in [4.78, 5) is 0. The van der Waals surface area contributed by atoms with Gasteiger partial charge in [-0.15, -0.1) is 0 Å². The predicted octanol–water partition coefficient (Wildman–Crippen LogP) is -0.927. The first-order valence-corrected chi connectivity index (χ1v) is 6.25. The molecule has 1 rings (SSSR count). The van der Waals surface area contributed by atoms with E-state index in [1.165, 1.54) is 42.7 Å². The van der Waals surface area contributed by atoms with Gasteiger partial charge in [0.1, 0.15) is 0 Å². The van der Waals surface area contributed by atoms with Crippen molar-refractivity contribution in [3.63, 3.8) is 0 Å². The molecule has 0 heterocycles. The summed E-state index contributed by atoms with van der Waals surface area (Å²) >= 11 is 0. The third-order valence-electron chi connectivity index (χ3n) is 4.18. The highest BCUT2D eigenvalue weighted by Gasteiger charge is 2.67. The molecule has 0 unspecified atom stereocenters. The molecule has 8 nitrogen and oxygen atoms in total. The van der Waals surface area contributed by atoms with Crippen LogP contribution in [-0.2, 0) is 28.4 Å². The minimum absolute atomic E-state index is 0.417. The number of ether oxygens (including phenoxy) is 6. The molecule has 0 amide bonds. The minimum atomic E-state index is -1.35. The highest BCUT2D eigenvalue weighted by molar-refractivity contribution is 5.10. The van der Waals surface area contributed by atoms with Crippen LogP contribution in [0.5, 0.6) is 0 Å². The zero-order chi connectivity index (χ0) is 15.6. The third kappa shape index (κ3) is 2.36. The van der Waals surface area contributed by atoms with Gasteiger partial charge in [-0.2, -0.15) is 0 Å². The smallest absolute Gasteiger partial charge is 0.287 e. The minimum Gasteiger partial charge on any atom is -0.331 e. The van der Waals surface area contributed by atoms with Crippen LogP contribution in [0.15, 0.2) is 0 Å². The lowest BCUT2D eigenvalue weighted by atomic mass is 9.62. The molecule has 1 aliphatic rings. The normalized spacial score (nSPS) is 31.2. The second-order valence-corrected chi connectivity index (χ2v) is 4.64. The fraction of sp³-hybridized carbons (Fsp3) is 1.00. The van der Waals surface area contributed by atoms with Crippen LogP contribution >= 0.6 is 0 Å². The van der Waals surface area contributed by atoms with E-state index in [0.717, 1.165) is 0 Å². The van der Waals surface area contributed by atoms with Gasteiger partial charge in [-0.1, -0.05) is 0 Å². The maximum atomic E-state index is 6.10. The molecule has 0 radical (unpaired) electrons. The molecule has 0 aromatic carbocycles. The van der Waals surface area contributed by atoms with Crippen molar-refractivity contribution in [1.29, 1.82) is 0 Å². The standard InChI is InChI=1S/C12H26N2O6/c1-15-11(16-2,17-3)7-8(10(14)9(7)13)12(18-4,19-5)20-6/h7-10H,13-14H2,1-6H3/t7-,8-,9+,10+/m1/s1. The van der Waals surface area contributed by atoms with Crippen molar-refractivity contribution >= 4 is 0 Å². The Morgan fingerprint density at radius 1 is 0.550 bits per heavy atom. The first-order valence-electron chi connectivity index (χ1n) is 6.25. The van der Waals surface area contributed by atoms with Gasteiger partial charge >= 0.3 is 0 Å². The van der Waals surface area contributed by atoms with Crippen LogP contribution < -0.4 is 11.5 Å². The van der Waals surface area contributed by atoms with Gasteiger partial charge in [-0.3, -0.25) is 0 Å². The molecule has 0 aromatic rings. The maximum Gasteiger partial charge on any atom is 0.287 e. The van der Waals surface area contributed by atoms with E-state index in [-0.39, 0.29) is 0 Å². The molecule has 1 fully saturated rings. The van der Waals surface area contributed by atoms with Crippen molar-refractivity contribution in [3.05, 3.63) is 0 Å². The highest BCUT2D eigenvalue weighted by Crippen LogP contribution is 2.49. The average Bonchev–Trinajstić information content (AvgIpc) is 2.52. The molecule has 20 heavy (non-hydrogen) atoms. The van der Waals surface area contributed by atoms with Crippen LogP contribution in [0, 0.1) is 11.8 Å². The second-order valence-electron chi connectivity index (χ2n) is 4.64. The van der Waals surface area contributed by atoms with Crippen molar-refractivity contribution in [2.24, 2.45) is 23.3 Å². The predicted molar refractivity (Wildman–Crippen MR) is 70.4 cm³/mol. The van der Waals surface area contributed by atoms with Gasteiger partial charge in [-0.25, -0.2) is 0 Å². The lowest BCUT2D eigenvalue weighted by Crippen LogP contribution is -2.78. The van der Waals surface area contributed by atoms with E-state index in [4.69, 9.17) is 39.9 Å². The van der Waals surface area contributed by atoms with Crippen molar-refractivity contribution < 1.29 is 28.4 Å². The third-order valence-corrected chi connectivity index (χ3v) is 4.18. The van der Waals surface area contributed by atoms with Crippen LogP contribution in [0.1, 0.15) is 0 Å². The van der Waals surface area contributed by atoms with Crippen LogP contribution in [0.4, 0.5) is 0 Å². The molecule has 1 aliphatic carbocycles. The van der Waals surface area contributed by atoms with Crippen LogP contribution in [0.25, 0.3) is 0 Å². The number of rotatable bonds is 8. The fourth-order valence-electron chi connectivity index (χ4n) is 3.04. The summed E-state index contributed by atoms with van der Waals surface area (Å²) in [7, 11) is 8.80. The number of hydrogen-bond acceptors (Lipinski definition) is 8. The number of hydrogen-bond donors (Lipinski definition) is 2. The Kier molecular flexibility index (Phi) is 5.88. The van der Waals surface area contributed by atoms with E-state index >= 15 is 0 Å². The molecule has 120 valence electrons. The van der Waals surface area contributed by atoms with E-state index in [1.54, 1.807) is 0 Å². The average molecular weight is 294 g/mol. The second kappa shape index (κ2) is 6.63. The number of methoxy groups -OCH3 is 6. The Bertz CT molecular complexity index is 262. The Balaban J connectivity index is 3.17. The van der Waals surface area contributed by atoms with Gasteiger partial charge in [0.2, 0.25) is 0 Å². The van der Waals surface area contributed by atoms with Crippen LogP contribution in [-0.4, -0.2) is 66.7 Å². The molecular formula is C12H26N2O6. The van der Waals surface area contributed by atoms with Crippen molar-refractivity contribution in [1.82, 2.24) is 0 Å². The fourth-order valence-corrected chi connectivity index (χ4v) is 3.04. The SMILES string of the molecule is COC(OC)(OC)[C@H]1[C@H](N)[C@@H](N)[C@@H]1C(OC)(OC)OC. The molecular weight excluding hydrogens is 268 g/mol. The molecule has 0 bridgehead atoms. The van der Waals surface area contributed by atoms with Crippen molar-refractivity contribution in [2.75, 3.05) is 42.7 Å². The Labute approximate surface area is 119 Å². The van der Waals surface area contributed by atoms with E-state index in [0.29, 0.717) is 0 Å². The molecule has 1 saturated carbocycles. The van der Waals surface area contributed by atoms with E-state index in [9.17, 15) is 0 Å². The molecule has 0 saturated heterocycles. The topological polar surface area (TPSA) is 107 Å². The van der Waals surface area contributed by atoms with E-state index in [2.05, 4.69) is 0 Å². The molecule has 4 atom stereocenters. The zero-order valence-corrected chi connectivity index (χ0v) is 12.9. The van der Waals surface area contributed by atoms with Gasteiger partial charge in [0.25, 0.3) is 11.9 Å². The first kappa shape index (κ1) is 17.7. The number of nitrogens with two attached hydrogens (primary N) is 2. The summed E-state index contributed by atoms with van der Waals surface area (Å²) in [6.45, 7) is 0. The Hall–Kier alpha value is -0.320. The van der Waals surface area contributed by atoms with Gasteiger partial charge in [0.05, 0.1) is 11.8 Å². The van der Waals surface area contributed by atoms with E-state index < -0.39 is 35.9 Å². The summed E-state index contributed by atoms with van der Waals surface area (Å²) in [6.07, 6.45) is 0. The summed E-state index contributed by atoms with van der Waals surface area (Å²) in [5.74, 6) is -3.56. The quantitative estimate of drug-likeness (QED) is 0.553. The van der Waals surface area contributed by atoms with Crippen LogP contribution in [0.2, 0.25) is 0 Å². The van der Waals surface area contributed by atoms with Crippen molar-refractivity contribution in [2.45, 2.75) is 24.0 Å². The molecule has 0 aliphatic heterocycles. The lowest BCUT2D eigenvalue weighted by Gasteiger charge is -2.58. The van der Waals surface area contributed by atoms with Gasteiger partial charge in [0.15, 0.2) is 0 Å². The molecule has 8 heteroatoms. The zero-order valence-electron chi connectivity index (χ0n) is 12.9. The maximum absolute atomic E-state index is 6.10. The summed E-state index contributed by atoms with van der Waals surface area (Å²) in [5, 5.41) is 0. The van der Waals surface area contributed by atoms with E-state index in [1.807, 2.05) is 0 Å². The summed E-state index contributed by atoms with van der Waals surface area (Å²) < 4.78 is 32.2. The first-order chi connectivity index (χ1) is 9.43.